The Labute approximate surface area is 225 Å². The average molecular weight is 539 g/mol. The zero-order chi connectivity index (χ0) is 28.4. The molecular formula is C28H31FN4O6. The number of nitrogens with one attached hydrogen (secondary N) is 1. The van der Waals surface area contributed by atoms with E-state index in [-0.39, 0.29) is 17.6 Å². The van der Waals surface area contributed by atoms with Crippen LogP contribution >= 0.6 is 0 Å². The molecule has 0 atom stereocenters. The Morgan fingerprint density at radius 1 is 1.03 bits per heavy atom. The van der Waals surface area contributed by atoms with Gasteiger partial charge in [0.2, 0.25) is 5.91 Å². The highest BCUT2D eigenvalue weighted by atomic mass is 19.1. The normalized spacial score (nSPS) is 16.0. The van der Waals surface area contributed by atoms with Crippen molar-refractivity contribution in [1.29, 1.82) is 0 Å². The number of halogens is 1. The van der Waals surface area contributed by atoms with Crippen molar-refractivity contribution in [3.63, 3.8) is 0 Å². The van der Waals surface area contributed by atoms with Crippen LogP contribution < -0.4 is 5.43 Å². The molecule has 0 spiro atoms. The minimum Gasteiger partial charge on any atom is -0.478 e. The monoisotopic (exact) mass is 538 g/mol. The van der Waals surface area contributed by atoms with Gasteiger partial charge in [0.15, 0.2) is 0 Å². The third kappa shape index (κ3) is 9.15. The van der Waals surface area contributed by atoms with Crippen molar-refractivity contribution in [2.45, 2.75) is 26.3 Å². The summed E-state index contributed by atoms with van der Waals surface area (Å²) < 4.78 is 13.3. The number of hydrazone groups is 1. The maximum absolute atomic E-state index is 13.3. The van der Waals surface area contributed by atoms with Gasteiger partial charge in [0.1, 0.15) is 5.82 Å². The van der Waals surface area contributed by atoms with E-state index in [1.54, 1.807) is 12.1 Å². The zero-order valence-corrected chi connectivity index (χ0v) is 21.5. The predicted molar refractivity (Wildman–Crippen MR) is 142 cm³/mol. The lowest BCUT2D eigenvalue weighted by atomic mass is 9.95. The third-order valence-electron chi connectivity index (χ3n) is 6.35. The molecule has 11 heteroatoms. The molecule has 2 aliphatic heterocycles. The predicted octanol–water partition coefficient (Wildman–Crippen LogP) is 2.75. The lowest BCUT2D eigenvalue weighted by Gasteiger charge is -2.34. The highest BCUT2D eigenvalue weighted by Gasteiger charge is 2.30. The van der Waals surface area contributed by atoms with E-state index in [1.807, 2.05) is 29.2 Å². The molecule has 2 aliphatic rings. The van der Waals surface area contributed by atoms with E-state index in [0.29, 0.717) is 36.9 Å². The number of aliphatic carboxylic acids is 2. The lowest BCUT2D eigenvalue weighted by Crippen LogP contribution is -2.41. The summed E-state index contributed by atoms with van der Waals surface area (Å²) in [7, 11) is 0. The van der Waals surface area contributed by atoms with E-state index < -0.39 is 11.9 Å². The summed E-state index contributed by atoms with van der Waals surface area (Å²) in [4.78, 5) is 47.3. The third-order valence-corrected chi connectivity index (χ3v) is 6.35. The molecule has 0 bridgehead atoms. The van der Waals surface area contributed by atoms with Gasteiger partial charge in [-0.1, -0.05) is 30.3 Å². The van der Waals surface area contributed by atoms with Crippen LogP contribution in [0.5, 0.6) is 0 Å². The van der Waals surface area contributed by atoms with Gasteiger partial charge >= 0.3 is 11.9 Å². The van der Waals surface area contributed by atoms with Gasteiger partial charge in [-0.2, -0.15) is 5.10 Å². The quantitative estimate of drug-likeness (QED) is 0.267. The van der Waals surface area contributed by atoms with Crippen molar-refractivity contribution in [2.24, 2.45) is 11.0 Å². The van der Waals surface area contributed by atoms with Gasteiger partial charge in [-0.05, 0) is 61.2 Å². The molecule has 0 aliphatic carbocycles. The number of hydrogen-bond acceptors (Lipinski definition) is 6. The standard InChI is InChI=1S/C24H27FN4O2.C4H4O4/c1-17(30)26-27-23(19-6-8-21(25)9-7-19)16-28-12-10-18(11-13-28)14-29-15-20-4-2-3-5-22(20)24(29)31;5-3(6)1-2-4(7)8/h2-9,18H,10-16H2,1H3,(H,26,30);1-2H,(H,5,6)(H,7,8)/b27-23-;2-1+. The minimum absolute atomic E-state index is 0.138. The number of fused-ring (bicyclic) bond motifs is 1. The Kier molecular flexibility index (Phi) is 10.4. The van der Waals surface area contributed by atoms with Crippen LogP contribution in [0.15, 0.2) is 65.8 Å². The van der Waals surface area contributed by atoms with Crippen LogP contribution in [0.2, 0.25) is 0 Å². The number of benzene rings is 2. The number of carbonyl (C=O) groups excluding carboxylic acids is 2. The topological polar surface area (TPSA) is 140 Å². The first-order valence-electron chi connectivity index (χ1n) is 12.4. The molecule has 0 unspecified atom stereocenters. The molecule has 39 heavy (non-hydrogen) atoms. The Balaban J connectivity index is 0.000000459. The number of carboxylic acids is 2. The van der Waals surface area contributed by atoms with Crippen LogP contribution in [0.1, 0.15) is 41.3 Å². The SMILES string of the molecule is CC(=O)N/N=C(/CN1CCC(CN2Cc3ccccc3C2=O)CC1)c1ccc(F)cc1.O=C(O)/C=C/C(=O)O. The largest absolute Gasteiger partial charge is 0.478 e. The summed E-state index contributed by atoms with van der Waals surface area (Å²) in [6.07, 6.45) is 3.11. The lowest BCUT2D eigenvalue weighted by molar-refractivity contribution is -0.134. The molecule has 2 amide bonds. The van der Waals surface area contributed by atoms with Gasteiger partial charge in [-0.3, -0.25) is 14.5 Å². The second-order valence-corrected chi connectivity index (χ2v) is 9.31. The maximum Gasteiger partial charge on any atom is 0.328 e. The van der Waals surface area contributed by atoms with Crippen LogP contribution in [0.3, 0.4) is 0 Å². The molecule has 206 valence electrons. The molecule has 1 fully saturated rings. The summed E-state index contributed by atoms with van der Waals surface area (Å²) in [6, 6.07) is 14.0. The molecule has 2 aromatic rings. The molecule has 3 N–H and O–H groups in total. The zero-order valence-electron chi connectivity index (χ0n) is 21.5. The number of nitrogens with zero attached hydrogens (tertiary/aromatic N) is 3. The molecular weight excluding hydrogens is 507 g/mol. The Hall–Kier alpha value is -4.38. The van der Waals surface area contributed by atoms with E-state index in [1.165, 1.54) is 19.1 Å². The fraction of sp³-hybridized carbons (Fsp3) is 0.321. The molecule has 0 aromatic heterocycles. The summed E-state index contributed by atoms with van der Waals surface area (Å²) in [5.74, 6) is -2.45. The van der Waals surface area contributed by atoms with Gasteiger partial charge in [-0.25, -0.2) is 19.4 Å². The Morgan fingerprint density at radius 3 is 2.21 bits per heavy atom. The Morgan fingerprint density at radius 2 is 1.64 bits per heavy atom. The molecule has 2 aromatic carbocycles. The molecule has 1 saturated heterocycles. The van der Waals surface area contributed by atoms with Gasteiger partial charge < -0.3 is 15.1 Å². The highest BCUT2D eigenvalue weighted by Crippen LogP contribution is 2.26. The fourth-order valence-electron chi connectivity index (χ4n) is 4.43. The van der Waals surface area contributed by atoms with E-state index in [0.717, 1.165) is 49.2 Å². The van der Waals surface area contributed by atoms with Crippen LogP contribution in [-0.2, 0) is 20.9 Å². The molecule has 4 rings (SSSR count). The number of likely N-dealkylation sites (tertiary alicyclic amines) is 1. The van der Waals surface area contributed by atoms with Crippen LogP contribution in [-0.4, -0.2) is 75.7 Å². The number of hydrogen-bond donors (Lipinski definition) is 3. The van der Waals surface area contributed by atoms with Crippen molar-refractivity contribution >= 4 is 29.5 Å². The van der Waals surface area contributed by atoms with Crippen LogP contribution in [0.4, 0.5) is 4.39 Å². The van der Waals surface area contributed by atoms with Gasteiger partial charge in [0.05, 0.1) is 5.71 Å². The smallest absolute Gasteiger partial charge is 0.328 e. The number of amides is 2. The van der Waals surface area contributed by atoms with Gasteiger partial charge in [-0.15, -0.1) is 0 Å². The Bertz CT molecular complexity index is 1240. The number of piperidine rings is 1. The second-order valence-electron chi connectivity index (χ2n) is 9.31. The van der Waals surface area contributed by atoms with Gasteiger partial charge in [0, 0.05) is 44.3 Å². The molecule has 0 radical (unpaired) electrons. The summed E-state index contributed by atoms with van der Waals surface area (Å²) in [5, 5.41) is 19.9. The maximum atomic E-state index is 13.3. The highest BCUT2D eigenvalue weighted by molar-refractivity contribution is 6.02. The number of rotatable bonds is 8. The molecule has 0 saturated carbocycles. The summed E-state index contributed by atoms with van der Waals surface area (Å²) >= 11 is 0. The number of carbonyl (C=O) groups is 4. The van der Waals surface area contributed by atoms with Crippen molar-refractivity contribution in [3.8, 4) is 0 Å². The van der Waals surface area contributed by atoms with Crippen molar-refractivity contribution in [3.05, 3.63) is 83.2 Å². The summed E-state index contributed by atoms with van der Waals surface area (Å²) in [5.41, 5.74) is 5.95. The average Bonchev–Trinajstić information content (AvgIpc) is 3.22. The van der Waals surface area contributed by atoms with E-state index in [9.17, 15) is 23.6 Å². The first-order valence-corrected chi connectivity index (χ1v) is 12.4. The van der Waals surface area contributed by atoms with E-state index >= 15 is 0 Å². The van der Waals surface area contributed by atoms with Crippen molar-refractivity contribution in [1.82, 2.24) is 15.2 Å². The minimum atomic E-state index is -1.26. The molecule has 10 nitrogen and oxygen atoms in total. The van der Waals surface area contributed by atoms with E-state index in [2.05, 4.69) is 15.4 Å². The number of carboxylic acid groups (broad SMARTS) is 2. The first-order chi connectivity index (χ1) is 18.6. The van der Waals surface area contributed by atoms with Crippen LogP contribution in [0, 0.1) is 11.7 Å². The van der Waals surface area contributed by atoms with Crippen molar-refractivity contribution < 1.29 is 33.8 Å². The van der Waals surface area contributed by atoms with Crippen molar-refractivity contribution in [2.75, 3.05) is 26.2 Å². The van der Waals surface area contributed by atoms with Gasteiger partial charge in [0.25, 0.3) is 5.91 Å². The summed E-state index contributed by atoms with van der Waals surface area (Å²) in [6.45, 7) is 5.25. The fourth-order valence-corrected chi connectivity index (χ4v) is 4.43. The van der Waals surface area contributed by atoms with E-state index in [4.69, 9.17) is 10.2 Å². The molecule has 2 heterocycles. The first kappa shape index (κ1) is 29.2. The van der Waals surface area contributed by atoms with Crippen LogP contribution in [0.25, 0.3) is 0 Å². The second kappa shape index (κ2) is 14.0.